The monoisotopic (exact) mass is 183 g/mol. The molecule has 0 aromatic carbocycles. The lowest BCUT2D eigenvalue weighted by molar-refractivity contribution is 0.348. The molecule has 1 aromatic rings. The molecule has 0 aliphatic rings. The maximum absolute atomic E-state index is 5.74. The standard InChI is InChI=1S/C9H17N3O/c1-3-5-6-8-11-9(13-12-8)7(10)4-2/h7H,3-6,10H2,1-2H3. The highest BCUT2D eigenvalue weighted by Crippen LogP contribution is 2.11. The van der Waals surface area contributed by atoms with Gasteiger partial charge in [0.15, 0.2) is 5.82 Å². The molecule has 0 bridgehead atoms. The molecule has 0 aliphatic carbocycles. The molecule has 4 nitrogen and oxygen atoms in total. The molecule has 0 aliphatic heterocycles. The van der Waals surface area contributed by atoms with Crippen molar-refractivity contribution in [3.05, 3.63) is 11.7 Å². The molecule has 0 fully saturated rings. The third-order valence-electron chi connectivity index (χ3n) is 1.99. The molecule has 1 atom stereocenters. The third kappa shape index (κ3) is 2.81. The average Bonchev–Trinajstić information content (AvgIpc) is 2.62. The van der Waals surface area contributed by atoms with Crippen LogP contribution < -0.4 is 5.73 Å². The van der Waals surface area contributed by atoms with Crippen LogP contribution in [-0.2, 0) is 6.42 Å². The number of rotatable bonds is 5. The zero-order valence-corrected chi connectivity index (χ0v) is 8.29. The van der Waals surface area contributed by atoms with E-state index >= 15 is 0 Å². The fraction of sp³-hybridized carbons (Fsp3) is 0.778. The van der Waals surface area contributed by atoms with E-state index in [0.29, 0.717) is 5.89 Å². The van der Waals surface area contributed by atoms with Crippen LogP contribution in [0.4, 0.5) is 0 Å². The minimum atomic E-state index is -0.108. The number of aryl methyl sites for hydroxylation is 1. The smallest absolute Gasteiger partial charge is 0.243 e. The van der Waals surface area contributed by atoms with Gasteiger partial charge >= 0.3 is 0 Å². The first-order valence-corrected chi connectivity index (χ1v) is 4.86. The van der Waals surface area contributed by atoms with Crippen molar-refractivity contribution >= 4 is 0 Å². The predicted molar refractivity (Wildman–Crippen MR) is 50.1 cm³/mol. The molecule has 0 spiro atoms. The maximum atomic E-state index is 5.74. The van der Waals surface area contributed by atoms with E-state index in [1.165, 1.54) is 0 Å². The van der Waals surface area contributed by atoms with Crippen LogP contribution in [0.1, 0.15) is 50.9 Å². The molecule has 1 unspecified atom stereocenters. The van der Waals surface area contributed by atoms with Crippen LogP contribution in [0.5, 0.6) is 0 Å². The Morgan fingerprint density at radius 3 is 2.85 bits per heavy atom. The minimum Gasteiger partial charge on any atom is -0.338 e. The summed E-state index contributed by atoms with van der Waals surface area (Å²) >= 11 is 0. The highest BCUT2D eigenvalue weighted by atomic mass is 16.5. The summed E-state index contributed by atoms with van der Waals surface area (Å²) in [6.45, 7) is 4.14. The average molecular weight is 183 g/mol. The van der Waals surface area contributed by atoms with Crippen molar-refractivity contribution in [2.75, 3.05) is 0 Å². The van der Waals surface area contributed by atoms with Gasteiger partial charge in [-0.2, -0.15) is 4.98 Å². The number of hydrogen-bond acceptors (Lipinski definition) is 4. The predicted octanol–water partition coefficient (Wildman–Crippen LogP) is 1.82. The Balaban J connectivity index is 2.53. The molecule has 1 heterocycles. The lowest BCUT2D eigenvalue weighted by Crippen LogP contribution is -2.08. The van der Waals surface area contributed by atoms with E-state index in [1.54, 1.807) is 0 Å². The number of nitrogens with zero attached hydrogens (tertiary/aromatic N) is 2. The van der Waals surface area contributed by atoms with Crippen molar-refractivity contribution in [2.24, 2.45) is 5.73 Å². The van der Waals surface area contributed by atoms with Crippen LogP contribution in [0.2, 0.25) is 0 Å². The summed E-state index contributed by atoms with van der Waals surface area (Å²) in [4.78, 5) is 4.22. The van der Waals surface area contributed by atoms with E-state index in [0.717, 1.165) is 31.5 Å². The van der Waals surface area contributed by atoms with Crippen molar-refractivity contribution in [3.63, 3.8) is 0 Å². The summed E-state index contributed by atoms with van der Waals surface area (Å²) in [5, 5.41) is 3.86. The molecule has 0 saturated heterocycles. The highest BCUT2D eigenvalue weighted by Gasteiger charge is 2.11. The Morgan fingerprint density at radius 1 is 1.46 bits per heavy atom. The lowest BCUT2D eigenvalue weighted by Gasteiger charge is -1.98. The zero-order chi connectivity index (χ0) is 9.68. The SMILES string of the molecule is CCCCc1noc(C(N)CC)n1. The summed E-state index contributed by atoms with van der Waals surface area (Å²) in [6, 6.07) is -0.108. The second-order valence-corrected chi connectivity index (χ2v) is 3.17. The first kappa shape index (κ1) is 10.2. The van der Waals surface area contributed by atoms with Gasteiger partial charge in [-0.05, 0) is 12.8 Å². The molecule has 0 radical (unpaired) electrons. The molecular formula is C9H17N3O. The molecule has 1 aromatic heterocycles. The maximum Gasteiger partial charge on any atom is 0.243 e. The van der Waals surface area contributed by atoms with Gasteiger partial charge in [-0.1, -0.05) is 25.4 Å². The molecule has 2 N–H and O–H groups in total. The quantitative estimate of drug-likeness (QED) is 0.756. The molecular weight excluding hydrogens is 166 g/mol. The zero-order valence-electron chi connectivity index (χ0n) is 8.29. The fourth-order valence-corrected chi connectivity index (χ4v) is 1.03. The van der Waals surface area contributed by atoms with Crippen LogP contribution in [0.25, 0.3) is 0 Å². The molecule has 74 valence electrons. The molecule has 0 saturated carbocycles. The highest BCUT2D eigenvalue weighted by molar-refractivity contribution is 4.91. The Morgan fingerprint density at radius 2 is 2.23 bits per heavy atom. The van der Waals surface area contributed by atoms with Gasteiger partial charge in [0, 0.05) is 6.42 Å². The number of hydrogen-bond donors (Lipinski definition) is 1. The van der Waals surface area contributed by atoms with Crippen LogP contribution >= 0.6 is 0 Å². The molecule has 13 heavy (non-hydrogen) atoms. The summed E-state index contributed by atoms with van der Waals surface area (Å²) in [5.74, 6) is 1.34. The molecule has 0 amide bonds. The summed E-state index contributed by atoms with van der Waals surface area (Å²) < 4.78 is 5.03. The number of unbranched alkanes of at least 4 members (excludes halogenated alkanes) is 1. The first-order chi connectivity index (χ1) is 6.27. The van der Waals surface area contributed by atoms with Crippen molar-refractivity contribution in [1.29, 1.82) is 0 Å². The van der Waals surface area contributed by atoms with Gasteiger partial charge in [0.2, 0.25) is 5.89 Å². The van der Waals surface area contributed by atoms with Gasteiger partial charge in [0.1, 0.15) is 0 Å². The van der Waals surface area contributed by atoms with Gasteiger partial charge in [0.25, 0.3) is 0 Å². The van der Waals surface area contributed by atoms with Gasteiger partial charge in [0.05, 0.1) is 6.04 Å². The Hall–Kier alpha value is -0.900. The first-order valence-electron chi connectivity index (χ1n) is 4.86. The van der Waals surface area contributed by atoms with Crippen LogP contribution in [-0.4, -0.2) is 10.1 Å². The summed E-state index contributed by atoms with van der Waals surface area (Å²) in [6.07, 6.45) is 3.95. The Kier molecular flexibility index (Phi) is 3.89. The Labute approximate surface area is 78.5 Å². The summed E-state index contributed by atoms with van der Waals surface area (Å²) in [5.41, 5.74) is 5.74. The van der Waals surface area contributed by atoms with Gasteiger partial charge in [-0.15, -0.1) is 0 Å². The van der Waals surface area contributed by atoms with Gasteiger partial charge in [-0.25, -0.2) is 0 Å². The van der Waals surface area contributed by atoms with Crippen molar-refractivity contribution in [2.45, 2.75) is 45.6 Å². The fourth-order valence-electron chi connectivity index (χ4n) is 1.03. The van der Waals surface area contributed by atoms with E-state index < -0.39 is 0 Å². The van der Waals surface area contributed by atoms with E-state index in [9.17, 15) is 0 Å². The van der Waals surface area contributed by atoms with E-state index in [2.05, 4.69) is 17.1 Å². The Bertz CT molecular complexity index is 247. The molecule has 4 heteroatoms. The number of aromatic nitrogens is 2. The normalized spacial score (nSPS) is 13.2. The summed E-state index contributed by atoms with van der Waals surface area (Å²) in [7, 11) is 0. The second-order valence-electron chi connectivity index (χ2n) is 3.17. The van der Waals surface area contributed by atoms with Crippen molar-refractivity contribution in [3.8, 4) is 0 Å². The van der Waals surface area contributed by atoms with E-state index in [1.807, 2.05) is 6.92 Å². The lowest BCUT2D eigenvalue weighted by atomic mass is 10.2. The topological polar surface area (TPSA) is 64.9 Å². The van der Waals surface area contributed by atoms with Crippen LogP contribution in [0.15, 0.2) is 4.52 Å². The van der Waals surface area contributed by atoms with Crippen molar-refractivity contribution < 1.29 is 4.52 Å². The van der Waals surface area contributed by atoms with Gasteiger partial charge in [-0.3, -0.25) is 0 Å². The number of nitrogens with two attached hydrogens (primary N) is 1. The minimum absolute atomic E-state index is 0.108. The van der Waals surface area contributed by atoms with E-state index in [-0.39, 0.29) is 6.04 Å². The van der Waals surface area contributed by atoms with E-state index in [4.69, 9.17) is 10.3 Å². The van der Waals surface area contributed by atoms with Gasteiger partial charge < -0.3 is 10.3 Å². The second kappa shape index (κ2) is 4.97. The third-order valence-corrected chi connectivity index (χ3v) is 1.99. The van der Waals surface area contributed by atoms with Crippen molar-refractivity contribution in [1.82, 2.24) is 10.1 Å². The van der Waals surface area contributed by atoms with Crippen LogP contribution in [0.3, 0.4) is 0 Å². The molecule has 1 rings (SSSR count). The van der Waals surface area contributed by atoms with Crippen LogP contribution in [0, 0.1) is 0 Å². The largest absolute Gasteiger partial charge is 0.338 e.